The average molecular weight is 443 g/mol. The number of carbonyl (C=O) groups is 4. The van der Waals surface area contributed by atoms with Crippen LogP contribution in [0.5, 0.6) is 0 Å². The van der Waals surface area contributed by atoms with Crippen molar-refractivity contribution in [1.82, 2.24) is 15.5 Å². The summed E-state index contributed by atoms with van der Waals surface area (Å²) in [7, 11) is 0. The maximum Gasteiger partial charge on any atom is 0.325 e. The molecule has 11 heteroatoms. The van der Waals surface area contributed by atoms with E-state index in [1.807, 2.05) is 0 Å². The number of carboxylic acid groups (broad SMARTS) is 1. The van der Waals surface area contributed by atoms with Gasteiger partial charge < -0.3 is 37.8 Å². The van der Waals surface area contributed by atoms with Crippen LogP contribution in [0.4, 0.5) is 0 Å². The smallest absolute Gasteiger partial charge is 0.325 e. The molecule has 4 atom stereocenters. The molecule has 0 aromatic carbocycles. The zero-order valence-corrected chi connectivity index (χ0v) is 18.3. The number of carboxylic acids is 1. The van der Waals surface area contributed by atoms with Gasteiger partial charge in [-0.05, 0) is 65.0 Å². The van der Waals surface area contributed by atoms with Crippen molar-refractivity contribution in [3.05, 3.63) is 0 Å². The molecule has 1 aliphatic rings. The van der Waals surface area contributed by atoms with Crippen LogP contribution in [0.2, 0.25) is 0 Å². The van der Waals surface area contributed by atoms with Gasteiger partial charge in [-0.25, -0.2) is 0 Å². The van der Waals surface area contributed by atoms with Gasteiger partial charge >= 0.3 is 5.97 Å². The molecular formula is C20H38N6O5. The molecule has 0 spiro atoms. The summed E-state index contributed by atoms with van der Waals surface area (Å²) < 4.78 is 0. The van der Waals surface area contributed by atoms with Gasteiger partial charge in [0.15, 0.2) is 0 Å². The van der Waals surface area contributed by atoms with Crippen LogP contribution in [0.25, 0.3) is 0 Å². The molecule has 1 rings (SSSR count). The maximum absolute atomic E-state index is 12.9. The highest BCUT2D eigenvalue weighted by Gasteiger charge is 2.37. The standard InChI is InChI=1S/C20H38N6O5/c1-13(20(30)31)24-17(27)15(8-3-5-11-22)25-18(28)16-9-6-12-26(16)19(29)14(23)7-2-4-10-21/h13-16H,2-12,21-23H2,1H3,(H,24,27)(H,25,28)(H,30,31). The lowest BCUT2D eigenvalue weighted by Gasteiger charge is -2.28. The molecule has 0 aromatic heterocycles. The normalized spacial score (nSPS) is 18.8. The van der Waals surface area contributed by atoms with Crippen molar-refractivity contribution < 1.29 is 24.3 Å². The lowest BCUT2D eigenvalue weighted by atomic mass is 10.1. The van der Waals surface area contributed by atoms with E-state index in [1.54, 1.807) is 0 Å². The second-order valence-electron chi connectivity index (χ2n) is 7.99. The van der Waals surface area contributed by atoms with Crippen LogP contribution in [-0.2, 0) is 19.2 Å². The summed E-state index contributed by atoms with van der Waals surface area (Å²) in [5.74, 6) is -2.46. The van der Waals surface area contributed by atoms with Gasteiger partial charge in [-0.3, -0.25) is 19.2 Å². The molecule has 4 unspecified atom stereocenters. The van der Waals surface area contributed by atoms with Gasteiger partial charge in [-0.1, -0.05) is 6.42 Å². The second-order valence-corrected chi connectivity index (χ2v) is 7.99. The van der Waals surface area contributed by atoms with E-state index in [0.29, 0.717) is 58.2 Å². The maximum atomic E-state index is 12.9. The average Bonchev–Trinajstić information content (AvgIpc) is 3.22. The van der Waals surface area contributed by atoms with E-state index in [-0.39, 0.29) is 5.91 Å². The first kappa shape index (κ1) is 26.8. The Morgan fingerprint density at radius 3 is 2.23 bits per heavy atom. The molecule has 1 fully saturated rings. The molecule has 178 valence electrons. The Morgan fingerprint density at radius 1 is 1.03 bits per heavy atom. The van der Waals surface area contributed by atoms with Crippen LogP contribution in [0, 0.1) is 0 Å². The third-order valence-corrected chi connectivity index (χ3v) is 5.43. The van der Waals surface area contributed by atoms with Gasteiger partial charge in [0.2, 0.25) is 17.7 Å². The van der Waals surface area contributed by atoms with Crippen LogP contribution < -0.4 is 27.8 Å². The molecule has 0 bridgehead atoms. The lowest BCUT2D eigenvalue weighted by Crippen LogP contribution is -2.56. The third-order valence-electron chi connectivity index (χ3n) is 5.43. The van der Waals surface area contributed by atoms with Crippen molar-refractivity contribution >= 4 is 23.7 Å². The highest BCUT2D eigenvalue weighted by Crippen LogP contribution is 2.20. The highest BCUT2D eigenvalue weighted by atomic mass is 16.4. The van der Waals surface area contributed by atoms with Crippen LogP contribution in [0.1, 0.15) is 58.3 Å². The Labute approximate surface area is 183 Å². The molecule has 3 amide bonds. The number of nitrogens with one attached hydrogen (secondary N) is 2. The number of nitrogens with zero attached hydrogens (tertiary/aromatic N) is 1. The van der Waals surface area contributed by atoms with E-state index >= 15 is 0 Å². The fourth-order valence-electron chi connectivity index (χ4n) is 3.55. The number of nitrogens with two attached hydrogens (primary N) is 3. The Morgan fingerprint density at radius 2 is 1.65 bits per heavy atom. The quantitative estimate of drug-likeness (QED) is 0.177. The Kier molecular flexibility index (Phi) is 12.1. The zero-order chi connectivity index (χ0) is 23.4. The van der Waals surface area contributed by atoms with Crippen LogP contribution in [-0.4, -0.2) is 77.5 Å². The van der Waals surface area contributed by atoms with Crippen LogP contribution in [0.15, 0.2) is 0 Å². The van der Waals surface area contributed by atoms with Crippen LogP contribution in [0.3, 0.4) is 0 Å². The predicted molar refractivity (Wildman–Crippen MR) is 116 cm³/mol. The van der Waals surface area contributed by atoms with E-state index in [9.17, 15) is 19.2 Å². The largest absolute Gasteiger partial charge is 0.480 e. The first-order chi connectivity index (χ1) is 14.7. The SMILES string of the molecule is CC(NC(=O)C(CCCCN)NC(=O)C1CCCN1C(=O)C(N)CCCCN)C(=O)O. The highest BCUT2D eigenvalue weighted by molar-refractivity contribution is 5.94. The van der Waals surface area contributed by atoms with Crippen molar-refractivity contribution in [2.75, 3.05) is 19.6 Å². The molecular weight excluding hydrogens is 404 g/mol. The van der Waals surface area contributed by atoms with E-state index in [2.05, 4.69) is 10.6 Å². The summed E-state index contributed by atoms with van der Waals surface area (Å²) in [4.78, 5) is 50.7. The minimum absolute atomic E-state index is 0.279. The number of hydrogen-bond acceptors (Lipinski definition) is 7. The molecule has 1 saturated heterocycles. The van der Waals surface area contributed by atoms with Gasteiger partial charge in [0.25, 0.3) is 0 Å². The number of unbranched alkanes of at least 4 members (excludes halogenated alkanes) is 2. The second kappa shape index (κ2) is 13.9. The summed E-state index contributed by atoms with van der Waals surface area (Å²) in [6.07, 6.45) is 4.74. The fraction of sp³-hybridized carbons (Fsp3) is 0.800. The molecule has 0 aromatic rings. The summed E-state index contributed by atoms with van der Waals surface area (Å²) in [6.45, 7) is 2.76. The summed E-state index contributed by atoms with van der Waals surface area (Å²) in [5.41, 5.74) is 17.0. The molecule has 1 aliphatic heterocycles. The summed E-state index contributed by atoms with van der Waals surface area (Å²) in [5, 5.41) is 14.1. The monoisotopic (exact) mass is 442 g/mol. The number of carbonyl (C=O) groups excluding carboxylic acids is 3. The van der Waals surface area contributed by atoms with Gasteiger partial charge in [0.1, 0.15) is 18.1 Å². The van der Waals surface area contributed by atoms with Crippen molar-refractivity contribution in [2.45, 2.75) is 82.5 Å². The van der Waals surface area contributed by atoms with Crippen molar-refractivity contribution in [1.29, 1.82) is 0 Å². The first-order valence-electron chi connectivity index (χ1n) is 11.0. The van der Waals surface area contributed by atoms with Crippen LogP contribution >= 0.6 is 0 Å². The minimum atomic E-state index is -1.17. The fourth-order valence-corrected chi connectivity index (χ4v) is 3.55. The van der Waals surface area contributed by atoms with E-state index in [4.69, 9.17) is 22.3 Å². The zero-order valence-electron chi connectivity index (χ0n) is 18.3. The molecule has 0 saturated carbocycles. The Balaban J connectivity index is 2.78. The number of rotatable bonds is 14. The first-order valence-corrected chi connectivity index (χ1v) is 11.0. The van der Waals surface area contributed by atoms with E-state index in [0.717, 1.165) is 12.8 Å². The molecule has 0 aliphatic carbocycles. The number of aliphatic carboxylic acids is 1. The van der Waals surface area contributed by atoms with Gasteiger partial charge in [0.05, 0.1) is 6.04 Å². The Hall–Kier alpha value is -2.24. The van der Waals surface area contributed by atoms with E-state index in [1.165, 1.54) is 11.8 Å². The topological polar surface area (TPSA) is 194 Å². The van der Waals surface area contributed by atoms with Crippen molar-refractivity contribution in [3.8, 4) is 0 Å². The van der Waals surface area contributed by atoms with Gasteiger partial charge in [0, 0.05) is 6.54 Å². The molecule has 31 heavy (non-hydrogen) atoms. The van der Waals surface area contributed by atoms with Crippen molar-refractivity contribution in [3.63, 3.8) is 0 Å². The molecule has 1 heterocycles. The molecule has 0 radical (unpaired) electrons. The lowest BCUT2D eigenvalue weighted by molar-refractivity contribution is -0.142. The number of amides is 3. The molecule has 11 nitrogen and oxygen atoms in total. The van der Waals surface area contributed by atoms with Gasteiger partial charge in [-0.15, -0.1) is 0 Å². The van der Waals surface area contributed by atoms with Crippen molar-refractivity contribution in [2.24, 2.45) is 17.2 Å². The minimum Gasteiger partial charge on any atom is -0.480 e. The third kappa shape index (κ3) is 8.80. The Bertz CT molecular complexity index is 617. The van der Waals surface area contributed by atoms with E-state index < -0.39 is 42.0 Å². The number of hydrogen-bond donors (Lipinski definition) is 6. The predicted octanol–water partition coefficient (Wildman–Crippen LogP) is -1.36. The summed E-state index contributed by atoms with van der Waals surface area (Å²) >= 11 is 0. The summed E-state index contributed by atoms with van der Waals surface area (Å²) in [6, 6.07) is -3.39. The number of likely N-dealkylation sites (tertiary alicyclic amines) is 1. The molecule has 9 N–H and O–H groups in total. The van der Waals surface area contributed by atoms with Gasteiger partial charge in [-0.2, -0.15) is 0 Å².